The average molecular weight is 991 g/mol. The van der Waals surface area contributed by atoms with Gasteiger partial charge < -0.3 is 38.2 Å². The highest BCUT2D eigenvalue weighted by Gasteiger charge is 2.33. The van der Waals surface area contributed by atoms with Crippen molar-refractivity contribution >= 4 is 40.2 Å². The van der Waals surface area contributed by atoms with Crippen LogP contribution in [-0.4, -0.2) is 46.2 Å². The summed E-state index contributed by atoms with van der Waals surface area (Å²) >= 11 is 0. The summed E-state index contributed by atoms with van der Waals surface area (Å²) in [7, 11) is 0. The molecule has 0 N–H and O–H groups in total. The Hall–Kier alpha value is -8.56. The molecule has 10 rings (SSSR count). The standard InChI is InChI=1S/C67H62N2O6/c1-3-51-16-10-24-63(44-51)72-42-15-43-74-65-26-12-22-60(46-65)69(57-34-30-55(31-35-57)53-19-8-5-9-20-53)61-23-13-27-66(47-61)75-62-38-36-58(37-39-62)68(56-32-28-54(29-33-56)52-17-6-4-7-18-52)59-21-11-25-64(45-59)73-41-14-40-70-48-67(2)49-71-50-67/h3-13,16-39,44-47H,1,14-15,40-43,48-50H2,2H3. The Balaban J connectivity index is 0.872. The molecule has 0 aliphatic carbocycles. The van der Waals surface area contributed by atoms with E-state index in [0.717, 1.165) is 99.7 Å². The first kappa shape index (κ1) is 50.0. The molecule has 1 aliphatic heterocycles. The molecule has 1 saturated heterocycles. The minimum Gasteiger partial charge on any atom is -0.493 e. The van der Waals surface area contributed by atoms with E-state index in [4.69, 9.17) is 28.4 Å². The Morgan fingerprint density at radius 2 is 0.827 bits per heavy atom. The lowest BCUT2D eigenvalue weighted by Gasteiger charge is -2.37. The second-order valence-electron chi connectivity index (χ2n) is 19.0. The van der Waals surface area contributed by atoms with Gasteiger partial charge in [-0.05, 0) is 125 Å². The summed E-state index contributed by atoms with van der Waals surface area (Å²) in [6.45, 7) is 10.5. The minimum absolute atomic E-state index is 0.134. The molecule has 9 aromatic rings. The maximum Gasteiger partial charge on any atom is 0.129 e. The van der Waals surface area contributed by atoms with Crippen molar-refractivity contribution in [1.82, 2.24) is 0 Å². The van der Waals surface area contributed by atoms with Crippen LogP contribution in [0.1, 0.15) is 25.3 Å². The van der Waals surface area contributed by atoms with E-state index < -0.39 is 0 Å². The Morgan fingerprint density at radius 1 is 0.413 bits per heavy atom. The summed E-state index contributed by atoms with van der Waals surface area (Å²) in [5, 5.41) is 0. The van der Waals surface area contributed by atoms with Crippen molar-refractivity contribution in [1.29, 1.82) is 0 Å². The van der Waals surface area contributed by atoms with Gasteiger partial charge in [0.25, 0.3) is 0 Å². The maximum absolute atomic E-state index is 6.67. The van der Waals surface area contributed by atoms with Crippen LogP contribution in [0.25, 0.3) is 28.3 Å². The third-order valence-corrected chi connectivity index (χ3v) is 13.0. The lowest BCUT2D eigenvalue weighted by molar-refractivity contribution is -0.138. The number of benzene rings is 9. The molecule has 1 heterocycles. The number of anilines is 6. The van der Waals surface area contributed by atoms with Gasteiger partial charge in [-0.15, -0.1) is 0 Å². The number of ether oxygens (including phenoxy) is 6. The first-order chi connectivity index (χ1) is 36.9. The molecular weight excluding hydrogens is 929 g/mol. The number of nitrogens with zero attached hydrogens (tertiary/aromatic N) is 2. The van der Waals surface area contributed by atoms with Crippen LogP contribution in [0.2, 0.25) is 0 Å². The minimum atomic E-state index is 0.134. The second-order valence-corrected chi connectivity index (χ2v) is 19.0. The van der Waals surface area contributed by atoms with E-state index >= 15 is 0 Å². The largest absolute Gasteiger partial charge is 0.493 e. The topological polar surface area (TPSA) is 61.9 Å². The van der Waals surface area contributed by atoms with Gasteiger partial charge in [-0.25, -0.2) is 0 Å². The van der Waals surface area contributed by atoms with Gasteiger partial charge in [-0.2, -0.15) is 0 Å². The zero-order valence-corrected chi connectivity index (χ0v) is 42.4. The monoisotopic (exact) mass is 990 g/mol. The molecule has 0 atom stereocenters. The van der Waals surface area contributed by atoms with E-state index in [-0.39, 0.29) is 5.41 Å². The first-order valence-corrected chi connectivity index (χ1v) is 25.7. The van der Waals surface area contributed by atoms with Crippen molar-refractivity contribution in [2.45, 2.75) is 19.8 Å². The summed E-state index contributed by atoms with van der Waals surface area (Å²) < 4.78 is 36.6. The predicted octanol–water partition coefficient (Wildman–Crippen LogP) is 17.1. The van der Waals surface area contributed by atoms with Crippen LogP contribution in [0.3, 0.4) is 0 Å². The number of hydrogen-bond acceptors (Lipinski definition) is 8. The lowest BCUT2D eigenvalue weighted by atomic mass is 9.90. The van der Waals surface area contributed by atoms with Crippen LogP contribution in [0.5, 0.6) is 28.7 Å². The smallest absolute Gasteiger partial charge is 0.129 e. The van der Waals surface area contributed by atoms with Gasteiger partial charge in [0.2, 0.25) is 0 Å². The predicted molar refractivity (Wildman–Crippen MR) is 305 cm³/mol. The third-order valence-electron chi connectivity index (χ3n) is 13.0. The summed E-state index contributed by atoms with van der Waals surface area (Å²) in [5.74, 6) is 3.80. The van der Waals surface area contributed by atoms with Crippen LogP contribution in [0, 0.1) is 5.41 Å². The summed E-state index contributed by atoms with van der Waals surface area (Å²) in [6, 6.07) is 79.1. The van der Waals surface area contributed by atoms with E-state index in [1.165, 1.54) is 5.56 Å². The number of rotatable bonds is 24. The Bertz CT molecular complexity index is 3230. The zero-order valence-electron chi connectivity index (χ0n) is 42.4. The zero-order chi connectivity index (χ0) is 51.1. The SMILES string of the molecule is C=Cc1cccc(OCCCOc2cccc(N(c3ccc(-c4ccccc4)cc3)c3cccc(Oc4ccc(N(c5ccc(-c6ccccc6)cc5)c5cccc(OCCCOCC6(C)COC6)c5)cc4)c3)c2)c1. The molecule has 376 valence electrons. The molecular formula is C67H62N2O6. The molecule has 0 radical (unpaired) electrons. The van der Waals surface area contributed by atoms with Crippen molar-refractivity contribution in [3.8, 4) is 51.0 Å². The first-order valence-electron chi connectivity index (χ1n) is 25.7. The fourth-order valence-electron chi connectivity index (χ4n) is 9.05. The van der Waals surface area contributed by atoms with E-state index in [0.29, 0.717) is 44.5 Å². The number of hydrogen-bond donors (Lipinski definition) is 0. The van der Waals surface area contributed by atoms with E-state index in [2.05, 4.69) is 169 Å². The third kappa shape index (κ3) is 13.2. The molecule has 0 aromatic heterocycles. The highest BCUT2D eigenvalue weighted by Crippen LogP contribution is 2.41. The van der Waals surface area contributed by atoms with Gasteiger partial charge >= 0.3 is 0 Å². The van der Waals surface area contributed by atoms with Crippen LogP contribution in [0.4, 0.5) is 34.1 Å². The van der Waals surface area contributed by atoms with E-state index in [9.17, 15) is 0 Å². The van der Waals surface area contributed by atoms with Crippen molar-refractivity contribution < 1.29 is 28.4 Å². The molecule has 8 heteroatoms. The van der Waals surface area contributed by atoms with Crippen molar-refractivity contribution in [2.24, 2.45) is 5.41 Å². The van der Waals surface area contributed by atoms with Crippen LogP contribution in [0.15, 0.2) is 237 Å². The van der Waals surface area contributed by atoms with Crippen molar-refractivity contribution in [3.05, 3.63) is 243 Å². The van der Waals surface area contributed by atoms with Gasteiger partial charge in [-0.1, -0.05) is 135 Å². The molecule has 0 amide bonds. The molecule has 0 bridgehead atoms. The molecule has 0 unspecified atom stereocenters. The van der Waals surface area contributed by atoms with Crippen molar-refractivity contribution in [2.75, 3.05) is 56.0 Å². The molecule has 1 fully saturated rings. The quantitative estimate of drug-likeness (QED) is 0.0555. The van der Waals surface area contributed by atoms with Crippen LogP contribution in [-0.2, 0) is 9.47 Å². The molecule has 8 nitrogen and oxygen atoms in total. The summed E-state index contributed by atoms with van der Waals surface area (Å²) in [5.41, 5.74) is 11.6. The highest BCUT2D eigenvalue weighted by molar-refractivity contribution is 5.81. The summed E-state index contributed by atoms with van der Waals surface area (Å²) in [6.07, 6.45) is 3.34. The Labute approximate surface area is 441 Å². The molecule has 75 heavy (non-hydrogen) atoms. The van der Waals surface area contributed by atoms with Crippen molar-refractivity contribution in [3.63, 3.8) is 0 Å². The fraction of sp³-hybridized carbons (Fsp3) is 0.164. The second kappa shape index (κ2) is 24.4. The van der Waals surface area contributed by atoms with Gasteiger partial charge in [0.05, 0.1) is 39.6 Å². The van der Waals surface area contributed by atoms with Gasteiger partial charge in [0.15, 0.2) is 0 Å². The van der Waals surface area contributed by atoms with Gasteiger partial charge in [0.1, 0.15) is 28.7 Å². The average Bonchev–Trinajstić information content (AvgIpc) is 3.45. The normalized spacial score (nSPS) is 12.5. The maximum atomic E-state index is 6.67. The Morgan fingerprint density at radius 3 is 1.31 bits per heavy atom. The van der Waals surface area contributed by atoms with Gasteiger partial charge in [0, 0.05) is 77.2 Å². The lowest BCUT2D eigenvalue weighted by Crippen LogP contribution is -2.43. The van der Waals surface area contributed by atoms with E-state index in [1.807, 2.05) is 91.0 Å². The van der Waals surface area contributed by atoms with E-state index in [1.54, 1.807) is 0 Å². The highest BCUT2D eigenvalue weighted by atomic mass is 16.5. The van der Waals surface area contributed by atoms with Crippen LogP contribution < -0.4 is 28.7 Å². The Kier molecular flexibility index (Phi) is 16.3. The molecule has 0 saturated carbocycles. The summed E-state index contributed by atoms with van der Waals surface area (Å²) in [4.78, 5) is 4.47. The van der Waals surface area contributed by atoms with Gasteiger partial charge in [-0.3, -0.25) is 0 Å². The molecule has 9 aromatic carbocycles. The van der Waals surface area contributed by atoms with Crippen LogP contribution >= 0.6 is 0 Å². The molecule has 1 aliphatic rings. The fourth-order valence-corrected chi connectivity index (χ4v) is 9.05. The molecule has 0 spiro atoms.